The summed E-state index contributed by atoms with van der Waals surface area (Å²) in [4.78, 5) is 22.2. The summed E-state index contributed by atoms with van der Waals surface area (Å²) < 4.78 is 9.23. The van der Waals surface area contributed by atoms with Crippen molar-refractivity contribution in [3.05, 3.63) is 17.5 Å². The fraction of sp³-hybridized carbons (Fsp3) is 0.500. The van der Waals surface area contributed by atoms with Gasteiger partial charge in [-0.1, -0.05) is 5.16 Å². The van der Waals surface area contributed by atoms with Gasteiger partial charge in [-0.05, 0) is 13.3 Å². The molecule has 1 amide bonds. The van der Waals surface area contributed by atoms with Gasteiger partial charge in [0.05, 0.1) is 7.11 Å². The SMILES string of the molecule is COC(=O)CCCNC(=O)c1cc(C)on1. The summed E-state index contributed by atoms with van der Waals surface area (Å²) in [5, 5.41) is 6.19. The highest BCUT2D eigenvalue weighted by atomic mass is 16.5. The topological polar surface area (TPSA) is 81.4 Å². The smallest absolute Gasteiger partial charge is 0.305 e. The number of esters is 1. The Hall–Kier alpha value is -1.85. The lowest BCUT2D eigenvalue weighted by atomic mass is 10.3. The second-order valence-electron chi connectivity index (χ2n) is 3.26. The maximum atomic E-state index is 11.4. The molecule has 16 heavy (non-hydrogen) atoms. The van der Waals surface area contributed by atoms with Crippen molar-refractivity contribution < 1.29 is 18.8 Å². The number of hydrogen-bond donors (Lipinski definition) is 1. The first kappa shape index (κ1) is 12.2. The average Bonchev–Trinajstić information content (AvgIpc) is 2.70. The Bertz CT molecular complexity index is 373. The molecule has 1 rings (SSSR count). The molecule has 1 heterocycles. The van der Waals surface area contributed by atoms with Crippen LogP contribution in [0.15, 0.2) is 10.6 Å². The monoisotopic (exact) mass is 226 g/mol. The van der Waals surface area contributed by atoms with Gasteiger partial charge in [0.1, 0.15) is 5.76 Å². The molecule has 0 atom stereocenters. The van der Waals surface area contributed by atoms with Gasteiger partial charge in [-0.2, -0.15) is 0 Å². The maximum absolute atomic E-state index is 11.4. The van der Waals surface area contributed by atoms with Crippen molar-refractivity contribution in [1.29, 1.82) is 0 Å². The van der Waals surface area contributed by atoms with Crippen LogP contribution in [-0.4, -0.2) is 30.7 Å². The van der Waals surface area contributed by atoms with E-state index in [0.29, 0.717) is 18.7 Å². The van der Waals surface area contributed by atoms with Crippen molar-refractivity contribution in [2.45, 2.75) is 19.8 Å². The number of amides is 1. The van der Waals surface area contributed by atoms with E-state index in [4.69, 9.17) is 4.52 Å². The minimum Gasteiger partial charge on any atom is -0.469 e. The second kappa shape index (κ2) is 5.89. The number of nitrogens with one attached hydrogen (secondary N) is 1. The van der Waals surface area contributed by atoms with E-state index < -0.39 is 0 Å². The molecule has 0 saturated heterocycles. The summed E-state index contributed by atoms with van der Waals surface area (Å²) in [6, 6.07) is 1.55. The number of rotatable bonds is 5. The Morgan fingerprint density at radius 3 is 2.88 bits per heavy atom. The average molecular weight is 226 g/mol. The summed E-state index contributed by atoms with van der Waals surface area (Å²) in [5.41, 5.74) is 0.246. The molecule has 6 nitrogen and oxygen atoms in total. The van der Waals surface area contributed by atoms with Crippen molar-refractivity contribution in [3.8, 4) is 0 Å². The fourth-order valence-electron chi connectivity index (χ4n) is 1.10. The van der Waals surface area contributed by atoms with Gasteiger partial charge in [0, 0.05) is 19.0 Å². The molecule has 0 aliphatic rings. The lowest BCUT2D eigenvalue weighted by molar-refractivity contribution is -0.140. The van der Waals surface area contributed by atoms with Crippen LogP contribution < -0.4 is 5.32 Å². The second-order valence-corrected chi connectivity index (χ2v) is 3.26. The van der Waals surface area contributed by atoms with E-state index in [1.54, 1.807) is 13.0 Å². The van der Waals surface area contributed by atoms with E-state index in [1.165, 1.54) is 7.11 Å². The van der Waals surface area contributed by atoms with E-state index in [0.717, 1.165) is 0 Å². The van der Waals surface area contributed by atoms with Crippen LogP contribution in [0.2, 0.25) is 0 Å². The molecule has 0 aliphatic carbocycles. The molecule has 0 fully saturated rings. The minimum atomic E-state index is -0.304. The molecule has 1 N–H and O–H groups in total. The lowest BCUT2D eigenvalue weighted by Gasteiger charge is -2.01. The summed E-state index contributed by atoms with van der Waals surface area (Å²) in [7, 11) is 1.33. The van der Waals surface area contributed by atoms with Crippen LogP contribution in [0.25, 0.3) is 0 Å². The third-order valence-corrected chi connectivity index (χ3v) is 1.93. The van der Waals surface area contributed by atoms with E-state index >= 15 is 0 Å². The fourth-order valence-corrected chi connectivity index (χ4v) is 1.10. The van der Waals surface area contributed by atoms with Crippen molar-refractivity contribution in [2.75, 3.05) is 13.7 Å². The Labute approximate surface area is 92.9 Å². The van der Waals surface area contributed by atoms with Crippen LogP contribution >= 0.6 is 0 Å². The zero-order chi connectivity index (χ0) is 12.0. The van der Waals surface area contributed by atoms with Gasteiger partial charge in [0.2, 0.25) is 0 Å². The quantitative estimate of drug-likeness (QED) is 0.589. The molecule has 0 unspecified atom stereocenters. The number of nitrogens with zero attached hydrogens (tertiary/aromatic N) is 1. The highest BCUT2D eigenvalue weighted by molar-refractivity contribution is 5.92. The van der Waals surface area contributed by atoms with Crippen molar-refractivity contribution in [2.24, 2.45) is 0 Å². The van der Waals surface area contributed by atoms with E-state index in [2.05, 4.69) is 15.2 Å². The molecule has 1 aromatic rings. The van der Waals surface area contributed by atoms with Gasteiger partial charge in [0.15, 0.2) is 5.69 Å². The molecular weight excluding hydrogens is 212 g/mol. The summed E-state index contributed by atoms with van der Waals surface area (Å²) in [6.07, 6.45) is 0.823. The normalized spacial score (nSPS) is 9.88. The highest BCUT2D eigenvalue weighted by Gasteiger charge is 2.10. The maximum Gasteiger partial charge on any atom is 0.305 e. The van der Waals surface area contributed by atoms with Gasteiger partial charge >= 0.3 is 5.97 Å². The first-order valence-corrected chi connectivity index (χ1v) is 4.92. The van der Waals surface area contributed by atoms with Crippen LogP contribution in [0.1, 0.15) is 29.1 Å². The largest absolute Gasteiger partial charge is 0.469 e. The van der Waals surface area contributed by atoms with Gasteiger partial charge in [0.25, 0.3) is 5.91 Å². The van der Waals surface area contributed by atoms with Gasteiger partial charge in [-0.3, -0.25) is 9.59 Å². The van der Waals surface area contributed by atoms with Crippen molar-refractivity contribution >= 4 is 11.9 Å². The van der Waals surface area contributed by atoms with Crippen LogP contribution in [0, 0.1) is 6.92 Å². The number of ether oxygens (including phenoxy) is 1. The zero-order valence-electron chi connectivity index (χ0n) is 9.28. The molecular formula is C10H14N2O4. The van der Waals surface area contributed by atoms with Gasteiger partial charge < -0.3 is 14.6 Å². The van der Waals surface area contributed by atoms with E-state index in [-0.39, 0.29) is 24.0 Å². The first-order chi connectivity index (χ1) is 7.63. The number of carbonyl (C=O) groups is 2. The van der Waals surface area contributed by atoms with E-state index in [9.17, 15) is 9.59 Å². The number of aromatic nitrogens is 1. The molecule has 6 heteroatoms. The van der Waals surface area contributed by atoms with Crippen LogP contribution in [0.5, 0.6) is 0 Å². The Kier molecular flexibility index (Phi) is 4.50. The Morgan fingerprint density at radius 2 is 2.31 bits per heavy atom. The van der Waals surface area contributed by atoms with Crippen LogP contribution in [0.4, 0.5) is 0 Å². The van der Waals surface area contributed by atoms with Crippen molar-refractivity contribution in [3.63, 3.8) is 0 Å². The number of hydrogen-bond acceptors (Lipinski definition) is 5. The predicted octanol–water partition coefficient (Wildman–Crippen LogP) is 0.666. The van der Waals surface area contributed by atoms with Crippen LogP contribution in [-0.2, 0) is 9.53 Å². The summed E-state index contributed by atoms with van der Waals surface area (Å²) >= 11 is 0. The van der Waals surface area contributed by atoms with Crippen molar-refractivity contribution in [1.82, 2.24) is 10.5 Å². The Balaban J connectivity index is 2.23. The minimum absolute atomic E-state index is 0.246. The predicted molar refractivity (Wildman–Crippen MR) is 54.8 cm³/mol. The summed E-state index contributed by atoms with van der Waals surface area (Å²) in [6.45, 7) is 2.11. The standard InChI is InChI=1S/C10H14N2O4/c1-7-6-8(12-16-7)10(14)11-5-3-4-9(13)15-2/h6H,3-5H2,1-2H3,(H,11,14). The third kappa shape index (κ3) is 3.72. The summed E-state index contributed by atoms with van der Waals surface area (Å²) in [5.74, 6) is -0.00652. The molecule has 0 saturated carbocycles. The zero-order valence-corrected chi connectivity index (χ0v) is 9.28. The lowest BCUT2D eigenvalue weighted by Crippen LogP contribution is -2.25. The van der Waals surface area contributed by atoms with Gasteiger partial charge in [-0.25, -0.2) is 0 Å². The molecule has 0 aliphatic heterocycles. The molecule has 1 aromatic heterocycles. The molecule has 88 valence electrons. The van der Waals surface area contributed by atoms with Gasteiger partial charge in [-0.15, -0.1) is 0 Å². The number of methoxy groups -OCH3 is 1. The first-order valence-electron chi connectivity index (χ1n) is 4.92. The molecule has 0 radical (unpaired) electrons. The molecule has 0 aromatic carbocycles. The van der Waals surface area contributed by atoms with E-state index in [1.807, 2.05) is 0 Å². The molecule has 0 spiro atoms. The van der Waals surface area contributed by atoms with Crippen LogP contribution in [0.3, 0.4) is 0 Å². The number of carbonyl (C=O) groups excluding carboxylic acids is 2. The number of aryl methyl sites for hydroxylation is 1. The molecule has 0 bridgehead atoms. The Morgan fingerprint density at radius 1 is 1.56 bits per heavy atom. The highest BCUT2D eigenvalue weighted by Crippen LogP contribution is 2.01. The third-order valence-electron chi connectivity index (χ3n) is 1.93.